The SMILES string of the molecule is CC(Cl)C(=O)C1C=CC=CC1=O. The van der Waals surface area contributed by atoms with E-state index in [0.29, 0.717) is 0 Å². The van der Waals surface area contributed by atoms with Crippen LogP contribution in [0.25, 0.3) is 0 Å². The van der Waals surface area contributed by atoms with Gasteiger partial charge in [0.15, 0.2) is 11.6 Å². The van der Waals surface area contributed by atoms with Crippen molar-refractivity contribution in [3.8, 4) is 0 Å². The maximum Gasteiger partial charge on any atom is 0.170 e. The number of hydrogen-bond donors (Lipinski definition) is 0. The quantitative estimate of drug-likeness (QED) is 0.482. The molecule has 0 N–H and O–H groups in total. The number of rotatable bonds is 2. The highest BCUT2D eigenvalue weighted by Crippen LogP contribution is 2.13. The summed E-state index contributed by atoms with van der Waals surface area (Å²) in [6.07, 6.45) is 6.26. The lowest BCUT2D eigenvalue weighted by atomic mass is 9.93. The van der Waals surface area contributed by atoms with Crippen molar-refractivity contribution < 1.29 is 9.59 Å². The monoisotopic (exact) mass is 184 g/mol. The summed E-state index contributed by atoms with van der Waals surface area (Å²) in [6.45, 7) is 1.57. The molecule has 0 saturated carbocycles. The number of carbonyl (C=O) groups excluding carboxylic acids is 2. The first-order valence-corrected chi connectivity index (χ1v) is 4.13. The van der Waals surface area contributed by atoms with Gasteiger partial charge in [0.05, 0.1) is 5.38 Å². The first-order valence-electron chi connectivity index (χ1n) is 3.69. The van der Waals surface area contributed by atoms with Crippen LogP contribution in [-0.2, 0) is 9.59 Å². The Balaban J connectivity index is 2.76. The fourth-order valence-corrected chi connectivity index (χ4v) is 1.14. The van der Waals surface area contributed by atoms with Gasteiger partial charge < -0.3 is 0 Å². The van der Waals surface area contributed by atoms with Crippen molar-refractivity contribution in [3.05, 3.63) is 24.3 Å². The average Bonchev–Trinajstić information content (AvgIpc) is 2.04. The van der Waals surface area contributed by atoms with E-state index in [4.69, 9.17) is 11.6 Å². The van der Waals surface area contributed by atoms with Crippen LogP contribution in [0.3, 0.4) is 0 Å². The zero-order chi connectivity index (χ0) is 9.14. The van der Waals surface area contributed by atoms with Crippen molar-refractivity contribution in [1.29, 1.82) is 0 Å². The summed E-state index contributed by atoms with van der Waals surface area (Å²) in [7, 11) is 0. The van der Waals surface area contributed by atoms with Crippen molar-refractivity contribution in [3.63, 3.8) is 0 Å². The summed E-state index contributed by atoms with van der Waals surface area (Å²) in [5.74, 6) is -1.08. The second-order valence-corrected chi connectivity index (χ2v) is 3.30. The van der Waals surface area contributed by atoms with Crippen molar-refractivity contribution >= 4 is 23.2 Å². The second kappa shape index (κ2) is 3.68. The van der Waals surface area contributed by atoms with Crippen LogP contribution in [0.1, 0.15) is 6.92 Å². The van der Waals surface area contributed by atoms with Crippen molar-refractivity contribution in [2.75, 3.05) is 0 Å². The molecule has 0 heterocycles. The van der Waals surface area contributed by atoms with Crippen LogP contribution in [0.2, 0.25) is 0 Å². The topological polar surface area (TPSA) is 34.1 Å². The molecule has 0 fully saturated rings. The predicted molar refractivity (Wildman–Crippen MR) is 47.1 cm³/mol. The van der Waals surface area contributed by atoms with Crippen LogP contribution < -0.4 is 0 Å². The van der Waals surface area contributed by atoms with Gasteiger partial charge >= 0.3 is 0 Å². The number of ketones is 2. The molecule has 1 rings (SSSR count). The molecular formula is C9H9ClO2. The summed E-state index contributed by atoms with van der Waals surface area (Å²) >= 11 is 5.57. The lowest BCUT2D eigenvalue weighted by molar-refractivity contribution is -0.128. The smallest absolute Gasteiger partial charge is 0.170 e. The molecule has 0 amide bonds. The van der Waals surface area contributed by atoms with Gasteiger partial charge in [0.1, 0.15) is 5.92 Å². The van der Waals surface area contributed by atoms with Crippen LogP contribution in [0, 0.1) is 5.92 Å². The van der Waals surface area contributed by atoms with Gasteiger partial charge in [-0.3, -0.25) is 9.59 Å². The van der Waals surface area contributed by atoms with Crippen LogP contribution in [-0.4, -0.2) is 16.9 Å². The molecule has 1 aliphatic rings. The highest BCUT2D eigenvalue weighted by Gasteiger charge is 2.25. The molecule has 0 saturated heterocycles. The van der Waals surface area contributed by atoms with Gasteiger partial charge in [0.25, 0.3) is 0 Å². The highest BCUT2D eigenvalue weighted by molar-refractivity contribution is 6.33. The molecule has 0 bridgehead atoms. The molecular weight excluding hydrogens is 176 g/mol. The standard InChI is InChI=1S/C9H9ClO2/c1-6(10)9(12)7-4-2-3-5-8(7)11/h2-7H,1H3. The average molecular weight is 185 g/mol. The molecule has 1 aliphatic carbocycles. The van der Waals surface area contributed by atoms with Gasteiger partial charge in [-0.25, -0.2) is 0 Å². The summed E-state index contributed by atoms with van der Waals surface area (Å²) in [5, 5.41) is -0.602. The fourth-order valence-electron chi connectivity index (χ4n) is 1.01. The predicted octanol–water partition coefficient (Wildman–Crippen LogP) is 1.49. The van der Waals surface area contributed by atoms with E-state index in [1.165, 1.54) is 6.08 Å². The molecule has 12 heavy (non-hydrogen) atoms. The molecule has 3 heteroatoms. The van der Waals surface area contributed by atoms with Gasteiger partial charge in [-0.15, -0.1) is 11.6 Å². The third kappa shape index (κ3) is 1.83. The van der Waals surface area contributed by atoms with E-state index in [-0.39, 0.29) is 11.6 Å². The number of allylic oxidation sites excluding steroid dienone is 4. The van der Waals surface area contributed by atoms with Crippen molar-refractivity contribution in [2.24, 2.45) is 5.92 Å². The van der Waals surface area contributed by atoms with E-state index in [1.54, 1.807) is 25.2 Å². The van der Waals surface area contributed by atoms with Crippen LogP contribution in [0.4, 0.5) is 0 Å². The second-order valence-electron chi connectivity index (χ2n) is 2.64. The maximum atomic E-state index is 11.3. The lowest BCUT2D eigenvalue weighted by Crippen LogP contribution is -2.27. The number of halogens is 1. The Morgan fingerprint density at radius 2 is 2.25 bits per heavy atom. The molecule has 0 spiro atoms. The number of Topliss-reactive ketones (excluding diaryl/α,β-unsaturated/α-hetero) is 1. The Labute approximate surface area is 75.9 Å². The van der Waals surface area contributed by atoms with E-state index in [1.807, 2.05) is 0 Å². The Kier molecular flexibility index (Phi) is 2.82. The maximum absolute atomic E-state index is 11.3. The first-order chi connectivity index (χ1) is 5.63. The normalized spacial score (nSPS) is 24.2. The van der Waals surface area contributed by atoms with Gasteiger partial charge in [-0.1, -0.05) is 18.2 Å². The fraction of sp³-hybridized carbons (Fsp3) is 0.333. The van der Waals surface area contributed by atoms with Gasteiger partial charge in [-0.05, 0) is 13.0 Å². The van der Waals surface area contributed by atoms with Crippen LogP contribution in [0.15, 0.2) is 24.3 Å². The Bertz CT molecular complexity index is 264. The number of alkyl halides is 1. The summed E-state index contributed by atoms with van der Waals surface area (Å²) < 4.78 is 0. The van der Waals surface area contributed by atoms with Crippen molar-refractivity contribution in [1.82, 2.24) is 0 Å². The lowest BCUT2D eigenvalue weighted by Gasteiger charge is -2.11. The van der Waals surface area contributed by atoms with E-state index in [9.17, 15) is 9.59 Å². The Morgan fingerprint density at radius 3 is 2.75 bits per heavy atom. The van der Waals surface area contributed by atoms with Gasteiger partial charge in [0, 0.05) is 0 Å². The van der Waals surface area contributed by atoms with E-state index in [2.05, 4.69) is 0 Å². The first kappa shape index (κ1) is 9.20. The molecule has 64 valence electrons. The van der Waals surface area contributed by atoms with E-state index in [0.717, 1.165) is 0 Å². The van der Waals surface area contributed by atoms with Gasteiger partial charge in [-0.2, -0.15) is 0 Å². The minimum Gasteiger partial charge on any atom is -0.297 e. The Hall–Kier alpha value is -0.890. The number of hydrogen-bond acceptors (Lipinski definition) is 2. The summed E-state index contributed by atoms with van der Waals surface area (Å²) in [5.41, 5.74) is 0. The zero-order valence-electron chi connectivity index (χ0n) is 6.66. The summed E-state index contributed by atoms with van der Waals surface area (Å²) in [4.78, 5) is 22.4. The van der Waals surface area contributed by atoms with Crippen LogP contribution in [0.5, 0.6) is 0 Å². The zero-order valence-corrected chi connectivity index (χ0v) is 7.41. The van der Waals surface area contributed by atoms with Gasteiger partial charge in [0.2, 0.25) is 0 Å². The minimum absolute atomic E-state index is 0.185. The Morgan fingerprint density at radius 1 is 1.58 bits per heavy atom. The molecule has 2 atom stereocenters. The highest BCUT2D eigenvalue weighted by atomic mass is 35.5. The summed E-state index contributed by atoms with van der Waals surface area (Å²) in [6, 6.07) is 0. The molecule has 2 unspecified atom stereocenters. The van der Waals surface area contributed by atoms with Crippen LogP contribution >= 0.6 is 11.6 Å². The molecule has 0 aliphatic heterocycles. The molecule has 0 radical (unpaired) electrons. The van der Waals surface area contributed by atoms with E-state index < -0.39 is 11.3 Å². The van der Waals surface area contributed by atoms with Crippen molar-refractivity contribution in [2.45, 2.75) is 12.3 Å². The largest absolute Gasteiger partial charge is 0.297 e. The van der Waals surface area contributed by atoms with E-state index >= 15 is 0 Å². The minimum atomic E-state index is -0.664. The number of carbonyl (C=O) groups is 2. The molecule has 0 aromatic heterocycles. The molecule has 2 nitrogen and oxygen atoms in total. The molecule has 0 aromatic carbocycles. The third-order valence-electron chi connectivity index (χ3n) is 1.68. The molecule has 0 aromatic rings. The third-order valence-corrected chi connectivity index (χ3v) is 1.90.